The molecule has 22 heavy (non-hydrogen) atoms. The van der Waals surface area contributed by atoms with Gasteiger partial charge in [-0.3, -0.25) is 9.67 Å². The maximum atomic E-state index is 8.87. The van der Waals surface area contributed by atoms with E-state index in [2.05, 4.69) is 31.0 Å². The Bertz CT molecular complexity index is 886. The molecule has 7 nitrogen and oxygen atoms in total. The molecule has 108 valence electrons. The van der Waals surface area contributed by atoms with Crippen molar-refractivity contribution in [3.05, 3.63) is 42.2 Å². The van der Waals surface area contributed by atoms with Crippen LogP contribution in [0.3, 0.4) is 0 Å². The number of pyridine rings is 1. The average molecular weight is 291 g/mol. The van der Waals surface area contributed by atoms with E-state index in [9.17, 15) is 0 Å². The molecule has 1 aliphatic rings. The predicted octanol–water partition coefficient (Wildman–Crippen LogP) is 1.46. The quantitative estimate of drug-likeness (QED) is 0.711. The highest BCUT2D eigenvalue weighted by Gasteiger charge is 2.31. The summed E-state index contributed by atoms with van der Waals surface area (Å²) in [6, 6.07) is 4.32. The third-order valence-corrected chi connectivity index (χ3v) is 3.86. The van der Waals surface area contributed by atoms with Gasteiger partial charge in [0.25, 0.3) is 0 Å². The van der Waals surface area contributed by atoms with Crippen LogP contribution < -0.4 is 4.90 Å². The molecule has 0 unspecified atom stereocenters. The number of hydrogen-bond donors (Lipinski definition) is 0. The van der Waals surface area contributed by atoms with E-state index in [-0.39, 0.29) is 6.04 Å². The molecule has 4 rings (SSSR count). The van der Waals surface area contributed by atoms with Crippen molar-refractivity contribution in [3.63, 3.8) is 0 Å². The van der Waals surface area contributed by atoms with Gasteiger partial charge in [-0.15, -0.1) is 0 Å². The van der Waals surface area contributed by atoms with Gasteiger partial charge in [-0.25, -0.2) is 9.97 Å². The van der Waals surface area contributed by atoms with Crippen LogP contribution in [0.2, 0.25) is 0 Å². The third-order valence-electron chi connectivity index (χ3n) is 3.86. The van der Waals surface area contributed by atoms with Crippen LogP contribution in [-0.2, 0) is 0 Å². The van der Waals surface area contributed by atoms with Crippen molar-refractivity contribution in [1.29, 1.82) is 5.26 Å². The Balaban J connectivity index is 1.61. The smallest absolute Gasteiger partial charge is 0.140 e. The van der Waals surface area contributed by atoms with Crippen LogP contribution in [0.15, 0.2) is 30.9 Å². The van der Waals surface area contributed by atoms with E-state index < -0.39 is 0 Å². The van der Waals surface area contributed by atoms with E-state index in [4.69, 9.17) is 5.26 Å². The molecular weight excluding hydrogens is 278 g/mol. The maximum absolute atomic E-state index is 8.87. The van der Waals surface area contributed by atoms with Crippen molar-refractivity contribution in [2.75, 3.05) is 18.0 Å². The summed E-state index contributed by atoms with van der Waals surface area (Å²) in [5.41, 5.74) is 1.45. The van der Waals surface area contributed by atoms with Crippen LogP contribution in [0.5, 0.6) is 0 Å². The second-order valence-electron chi connectivity index (χ2n) is 5.37. The molecule has 7 heteroatoms. The summed E-state index contributed by atoms with van der Waals surface area (Å²) in [6.45, 7) is 3.53. The van der Waals surface area contributed by atoms with Crippen molar-refractivity contribution in [3.8, 4) is 6.07 Å². The Kier molecular flexibility index (Phi) is 2.76. The number of rotatable bonds is 2. The molecule has 3 aromatic rings. The molecular formula is C15H13N7. The zero-order valence-electron chi connectivity index (χ0n) is 12.0. The van der Waals surface area contributed by atoms with Gasteiger partial charge in [0.05, 0.1) is 29.5 Å². The molecule has 3 aromatic heterocycles. The summed E-state index contributed by atoms with van der Waals surface area (Å²) in [7, 11) is 0. The van der Waals surface area contributed by atoms with Crippen molar-refractivity contribution in [2.24, 2.45) is 0 Å². The SMILES string of the molecule is Cc1nc(N2CC(n3cc(C#N)cn3)C2)c2ccncc2n1. The number of nitriles is 1. The molecule has 1 aliphatic heterocycles. The van der Waals surface area contributed by atoms with Gasteiger partial charge in [0.2, 0.25) is 0 Å². The minimum Gasteiger partial charge on any atom is -0.352 e. The topological polar surface area (TPSA) is 83.5 Å². The Labute approximate surface area is 126 Å². The molecule has 0 amide bonds. The fourth-order valence-corrected chi connectivity index (χ4v) is 2.71. The molecule has 0 aromatic carbocycles. The van der Waals surface area contributed by atoms with Crippen LogP contribution in [0, 0.1) is 18.3 Å². The van der Waals surface area contributed by atoms with Gasteiger partial charge in [0.15, 0.2) is 0 Å². The molecule has 0 atom stereocenters. The summed E-state index contributed by atoms with van der Waals surface area (Å²) < 4.78 is 1.85. The van der Waals surface area contributed by atoms with Crippen molar-refractivity contribution in [1.82, 2.24) is 24.7 Å². The highest BCUT2D eigenvalue weighted by atomic mass is 15.4. The number of fused-ring (bicyclic) bond motifs is 1. The van der Waals surface area contributed by atoms with Gasteiger partial charge in [-0.1, -0.05) is 0 Å². The first-order valence-electron chi connectivity index (χ1n) is 7.02. The van der Waals surface area contributed by atoms with E-state index in [0.29, 0.717) is 5.56 Å². The number of nitrogens with zero attached hydrogens (tertiary/aromatic N) is 7. The first-order chi connectivity index (χ1) is 10.7. The van der Waals surface area contributed by atoms with Crippen LogP contribution in [0.4, 0.5) is 5.82 Å². The standard InChI is InChI=1S/C15H13N7/c1-10-19-14-6-17-3-2-13(14)15(20-10)21-8-12(9-21)22-7-11(4-16)5-18-22/h2-3,5-7,12H,8-9H2,1H3. The van der Waals surface area contributed by atoms with Gasteiger partial charge >= 0.3 is 0 Å². The highest BCUT2D eigenvalue weighted by molar-refractivity contribution is 5.89. The Morgan fingerprint density at radius 3 is 2.91 bits per heavy atom. The van der Waals surface area contributed by atoms with Gasteiger partial charge in [0, 0.05) is 30.9 Å². The first-order valence-corrected chi connectivity index (χ1v) is 7.02. The maximum Gasteiger partial charge on any atom is 0.140 e. The van der Waals surface area contributed by atoms with E-state index >= 15 is 0 Å². The fourth-order valence-electron chi connectivity index (χ4n) is 2.71. The summed E-state index contributed by atoms with van der Waals surface area (Å²) in [5.74, 6) is 1.68. The lowest BCUT2D eigenvalue weighted by Gasteiger charge is -2.40. The monoisotopic (exact) mass is 291 g/mol. The molecule has 1 fully saturated rings. The Morgan fingerprint density at radius 1 is 1.27 bits per heavy atom. The minimum absolute atomic E-state index is 0.272. The van der Waals surface area contributed by atoms with Crippen molar-refractivity contribution in [2.45, 2.75) is 13.0 Å². The molecule has 0 bridgehead atoms. The fraction of sp³-hybridized carbons (Fsp3) is 0.267. The molecule has 0 N–H and O–H groups in total. The zero-order valence-corrected chi connectivity index (χ0v) is 12.0. The summed E-state index contributed by atoms with van der Waals surface area (Å²) in [6.07, 6.45) is 6.90. The number of aryl methyl sites for hydroxylation is 1. The zero-order chi connectivity index (χ0) is 15.1. The Morgan fingerprint density at radius 2 is 2.14 bits per heavy atom. The normalized spacial score (nSPS) is 14.8. The Hall–Kier alpha value is -3.01. The van der Waals surface area contributed by atoms with Gasteiger partial charge < -0.3 is 4.90 Å². The molecule has 1 saturated heterocycles. The van der Waals surface area contributed by atoms with Crippen LogP contribution >= 0.6 is 0 Å². The van der Waals surface area contributed by atoms with E-state index in [1.807, 2.05) is 17.7 Å². The highest BCUT2D eigenvalue weighted by Crippen LogP contribution is 2.31. The van der Waals surface area contributed by atoms with E-state index in [1.54, 1.807) is 24.8 Å². The largest absolute Gasteiger partial charge is 0.352 e. The van der Waals surface area contributed by atoms with Crippen molar-refractivity contribution < 1.29 is 0 Å². The summed E-state index contributed by atoms with van der Waals surface area (Å²) >= 11 is 0. The van der Waals surface area contributed by atoms with E-state index in [0.717, 1.165) is 35.6 Å². The molecule has 0 radical (unpaired) electrons. The van der Waals surface area contributed by atoms with Crippen molar-refractivity contribution >= 4 is 16.7 Å². The van der Waals surface area contributed by atoms with Gasteiger partial charge in [-0.2, -0.15) is 10.4 Å². The first kappa shape index (κ1) is 12.7. The molecule has 0 spiro atoms. The van der Waals surface area contributed by atoms with Gasteiger partial charge in [0.1, 0.15) is 17.7 Å². The lowest BCUT2D eigenvalue weighted by molar-refractivity contribution is 0.366. The number of anilines is 1. The lowest BCUT2D eigenvalue weighted by Crippen LogP contribution is -2.48. The van der Waals surface area contributed by atoms with E-state index in [1.165, 1.54) is 0 Å². The third kappa shape index (κ3) is 1.97. The second kappa shape index (κ2) is 4.77. The molecule has 0 saturated carbocycles. The predicted molar refractivity (Wildman–Crippen MR) is 80.3 cm³/mol. The number of aromatic nitrogens is 5. The van der Waals surface area contributed by atoms with Crippen LogP contribution in [0.25, 0.3) is 10.9 Å². The van der Waals surface area contributed by atoms with Crippen LogP contribution in [-0.4, -0.2) is 37.8 Å². The average Bonchev–Trinajstić information content (AvgIpc) is 2.94. The minimum atomic E-state index is 0.272. The number of hydrogen-bond acceptors (Lipinski definition) is 6. The molecule has 4 heterocycles. The van der Waals surface area contributed by atoms with Gasteiger partial charge in [-0.05, 0) is 13.0 Å². The summed E-state index contributed by atoms with van der Waals surface area (Å²) in [4.78, 5) is 15.3. The lowest BCUT2D eigenvalue weighted by atomic mass is 10.1. The second-order valence-corrected chi connectivity index (χ2v) is 5.37. The molecule has 0 aliphatic carbocycles. The van der Waals surface area contributed by atoms with Crippen LogP contribution in [0.1, 0.15) is 17.4 Å². The summed E-state index contributed by atoms with van der Waals surface area (Å²) in [5, 5.41) is 14.1.